The van der Waals surface area contributed by atoms with Crippen molar-refractivity contribution >= 4 is 11.6 Å². The zero-order valence-corrected chi connectivity index (χ0v) is 11.3. The summed E-state index contributed by atoms with van der Waals surface area (Å²) in [6, 6.07) is 15.7. The zero-order valence-electron chi connectivity index (χ0n) is 11.3. The molecule has 0 aromatic heterocycles. The molecule has 2 rings (SSSR count). The van der Waals surface area contributed by atoms with Gasteiger partial charge in [0.05, 0.1) is 18.2 Å². The quantitative estimate of drug-likeness (QED) is 0.824. The number of anilines is 1. The topological polar surface area (TPSA) is 78.9 Å². The molecule has 0 aliphatic carbocycles. The Morgan fingerprint density at radius 3 is 2.67 bits per heavy atom. The van der Waals surface area contributed by atoms with Gasteiger partial charge in [-0.05, 0) is 36.4 Å². The largest absolute Gasteiger partial charge is 0.322 e. The number of carbonyl (C=O) groups excluding carboxylic acids is 1. The van der Waals surface area contributed by atoms with Gasteiger partial charge in [0.2, 0.25) is 0 Å². The highest BCUT2D eigenvalue weighted by Crippen LogP contribution is 2.12. The first kappa shape index (κ1) is 14.3. The minimum Gasteiger partial charge on any atom is -0.322 e. The SMILES string of the molecule is N#Cc1cccc(C(=O)Nc2cccc(C#CCN)c2)c1. The molecule has 0 saturated carbocycles. The zero-order chi connectivity index (χ0) is 15.1. The van der Waals surface area contributed by atoms with Gasteiger partial charge < -0.3 is 11.1 Å². The lowest BCUT2D eigenvalue weighted by molar-refractivity contribution is 0.102. The van der Waals surface area contributed by atoms with Crippen LogP contribution in [-0.2, 0) is 0 Å². The maximum atomic E-state index is 12.1. The van der Waals surface area contributed by atoms with Gasteiger partial charge >= 0.3 is 0 Å². The van der Waals surface area contributed by atoms with Gasteiger partial charge in [0.1, 0.15) is 0 Å². The van der Waals surface area contributed by atoms with E-state index in [9.17, 15) is 4.79 Å². The predicted molar refractivity (Wildman–Crippen MR) is 81.5 cm³/mol. The number of benzene rings is 2. The fourth-order valence-corrected chi connectivity index (χ4v) is 1.76. The predicted octanol–water partition coefficient (Wildman–Crippen LogP) is 2.12. The van der Waals surface area contributed by atoms with Crippen molar-refractivity contribution in [1.29, 1.82) is 5.26 Å². The van der Waals surface area contributed by atoms with Gasteiger partial charge in [-0.3, -0.25) is 4.79 Å². The van der Waals surface area contributed by atoms with Crippen LogP contribution in [0.3, 0.4) is 0 Å². The van der Waals surface area contributed by atoms with E-state index in [4.69, 9.17) is 11.0 Å². The highest BCUT2D eigenvalue weighted by Gasteiger charge is 2.06. The number of nitriles is 1. The van der Waals surface area contributed by atoms with E-state index in [1.54, 1.807) is 36.4 Å². The lowest BCUT2D eigenvalue weighted by Gasteiger charge is -2.06. The Hall–Kier alpha value is -3.08. The van der Waals surface area contributed by atoms with Gasteiger partial charge in [-0.1, -0.05) is 24.0 Å². The van der Waals surface area contributed by atoms with Crippen molar-refractivity contribution in [3.05, 3.63) is 65.2 Å². The van der Waals surface area contributed by atoms with Crippen molar-refractivity contribution in [3.63, 3.8) is 0 Å². The van der Waals surface area contributed by atoms with Crippen molar-refractivity contribution < 1.29 is 4.79 Å². The number of carbonyl (C=O) groups is 1. The van der Waals surface area contributed by atoms with Gasteiger partial charge in [0.25, 0.3) is 5.91 Å². The molecule has 0 atom stereocenters. The third-order valence-corrected chi connectivity index (χ3v) is 2.71. The summed E-state index contributed by atoms with van der Waals surface area (Å²) in [5, 5.41) is 11.6. The van der Waals surface area contributed by atoms with Crippen LogP contribution in [0, 0.1) is 23.2 Å². The van der Waals surface area contributed by atoms with Gasteiger partial charge in [0.15, 0.2) is 0 Å². The van der Waals surface area contributed by atoms with Crippen LogP contribution in [0.5, 0.6) is 0 Å². The molecule has 0 heterocycles. The Morgan fingerprint density at radius 2 is 1.90 bits per heavy atom. The number of hydrogen-bond acceptors (Lipinski definition) is 3. The second kappa shape index (κ2) is 6.91. The average Bonchev–Trinajstić information content (AvgIpc) is 2.53. The van der Waals surface area contributed by atoms with E-state index in [1.165, 1.54) is 0 Å². The summed E-state index contributed by atoms with van der Waals surface area (Å²) in [7, 11) is 0. The summed E-state index contributed by atoms with van der Waals surface area (Å²) in [4.78, 5) is 12.1. The molecular weight excluding hydrogens is 262 g/mol. The maximum absolute atomic E-state index is 12.1. The molecular formula is C17H13N3O. The number of nitrogens with two attached hydrogens (primary N) is 1. The lowest BCUT2D eigenvalue weighted by Crippen LogP contribution is -2.12. The Balaban J connectivity index is 2.17. The molecule has 1 amide bonds. The molecule has 102 valence electrons. The van der Waals surface area contributed by atoms with E-state index in [0.717, 1.165) is 5.56 Å². The molecule has 2 aromatic rings. The summed E-state index contributed by atoms with van der Waals surface area (Å²) < 4.78 is 0. The molecule has 4 heteroatoms. The van der Waals surface area contributed by atoms with Gasteiger partial charge in [-0.2, -0.15) is 5.26 Å². The molecule has 3 N–H and O–H groups in total. The van der Waals surface area contributed by atoms with Crippen LogP contribution >= 0.6 is 0 Å². The fraction of sp³-hybridized carbons (Fsp3) is 0.0588. The monoisotopic (exact) mass is 275 g/mol. The third kappa shape index (κ3) is 3.94. The Morgan fingerprint density at radius 1 is 1.14 bits per heavy atom. The third-order valence-electron chi connectivity index (χ3n) is 2.71. The summed E-state index contributed by atoms with van der Waals surface area (Å²) in [6.07, 6.45) is 0. The highest BCUT2D eigenvalue weighted by molar-refractivity contribution is 6.04. The van der Waals surface area contributed by atoms with Crippen LogP contribution in [0.2, 0.25) is 0 Å². The van der Waals surface area contributed by atoms with Crippen LogP contribution in [0.1, 0.15) is 21.5 Å². The molecule has 2 aromatic carbocycles. The average molecular weight is 275 g/mol. The van der Waals surface area contributed by atoms with Gasteiger partial charge in [-0.15, -0.1) is 0 Å². The van der Waals surface area contributed by atoms with Crippen molar-refractivity contribution in [3.8, 4) is 17.9 Å². The van der Waals surface area contributed by atoms with Gasteiger partial charge in [-0.25, -0.2) is 0 Å². The summed E-state index contributed by atoms with van der Waals surface area (Å²) in [5.74, 6) is 5.40. The molecule has 0 bridgehead atoms. The van der Waals surface area contributed by atoms with E-state index < -0.39 is 0 Å². The molecule has 0 aliphatic heterocycles. The molecule has 4 nitrogen and oxygen atoms in total. The van der Waals surface area contributed by atoms with E-state index in [2.05, 4.69) is 17.2 Å². The van der Waals surface area contributed by atoms with E-state index in [1.807, 2.05) is 18.2 Å². The molecule has 21 heavy (non-hydrogen) atoms. The van der Waals surface area contributed by atoms with Crippen molar-refractivity contribution in [2.45, 2.75) is 0 Å². The summed E-state index contributed by atoms with van der Waals surface area (Å²) in [6.45, 7) is 0.289. The van der Waals surface area contributed by atoms with Crippen molar-refractivity contribution in [1.82, 2.24) is 0 Å². The summed E-state index contributed by atoms with van der Waals surface area (Å²) >= 11 is 0. The Kier molecular flexibility index (Phi) is 4.71. The maximum Gasteiger partial charge on any atom is 0.255 e. The second-order valence-corrected chi connectivity index (χ2v) is 4.23. The number of nitrogens with zero attached hydrogens (tertiary/aromatic N) is 1. The summed E-state index contributed by atoms with van der Waals surface area (Å²) in [5.41, 5.74) is 7.64. The molecule has 0 aliphatic rings. The van der Waals surface area contributed by atoms with Crippen molar-refractivity contribution in [2.24, 2.45) is 5.73 Å². The van der Waals surface area contributed by atoms with Crippen LogP contribution in [0.25, 0.3) is 0 Å². The molecule has 0 unspecified atom stereocenters. The van der Waals surface area contributed by atoms with Crippen LogP contribution in [0.15, 0.2) is 48.5 Å². The first-order valence-corrected chi connectivity index (χ1v) is 6.33. The van der Waals surface area contributed by atoms with Gasteiger partial charge in [0, 0.05) is 16.8 Å². The number of rotatable bonds is 2. The molecule has 0 spiro atoms. The standard InChI is InChI=1S/C17H13N3O/c18-9-3-6-13-4-2-8-16(11-13)20-17(21)15-7-1-5-14(10-15)12-19/h1-2,4-5,7-8,10-11H,9,18H2,(H,20,21). The molecule has 0 fully saturated rings. The minimum atomic E-state index is -0.268. The first-order valence-electron chi connectivity index (χ1n) is 6.33. The fourth-order valence-electron chi connectivity index (χ4n) is 1.76. The van der Waals surface area contributed by atoms with E-state index in [-0.39, 0.29) is 12.5 Å². The first-order chi connectivity index (χ1) is 10.2. The Labute approximate surface area is 123 Å². The minimum absolute atomic E-state index is 0.268. The van der Waals surface area contributed by atoms with Crippen LogP contribution < -0.4 is 11.1 Å². The molecule has 0 saturated heterocycles. The lowest BCUT2D eigenvalue weighted by atomic mass is 10.1. The van der Waals surface area contributed by atoms with Crippen molar-refractivity contribution in [2.75, 3.05) is 11.9 Å². The molecule has 0 radical (unpaired) electrons. The smallest absolute Gasteiger partial charge is 0.255 e. The normalized spacial score (nSPS) is 9.14. The number of nitrogens with one attached hydrogen (secondary N) is 1. The van der Waals surface area contributed by atoms with Crippen LogP contribution in [0.4, 0.5) is 5.69 Å². The van der Waals surface area contributed by atoms with E-state index in [0.29, 0.717) is 16.8 Å². The number of amides is 1. The number of hydrogen-bond donors (Lipinski definition) is 2. The van der Waals surface area contributed by atoms with E-state index >= 15 is 0 Å². The highest BCUT2D eigenvalue weighted by atomic mass is 16.1. The second-order valence-electron chi connectivity index (χ2n) is 4.23. The van der Waals surface area contributed by atoms with Crippen LogP contribution in [-0.4, -0.2) is 12.5 Å². The Bertz CT molecular complexity index is 763.